The minimum absolute atomic E-state index is 0.226. The van der Waals surface area contributed by atoms with Crippen LogP contribution in [0.15, 0.2) is 23.0 Å². The fraction of sp³-hybridized carbons (Fsp3) is 0.167. The second-order valence-electron chi connectivity index (χ2n) is 3.73. The largest absolute Gasteiger partial charge is 0.490 e. The van der Waals surface area contributed by atoms with Gasteiger partial charge in [0.15, 0.2) is 0 Å². The lowest BCUT2D eigenvalue weighted by Crippen LogP contribution is -2.23. The molecule has 0 spiro atoms. The highest BCUT2D eigenvalue weighted by molar-refractivity contribution is 6.43. The van der Waals surface area contributed by atoms with E-state index in [0.29, 0.717) is 10.7 Å². The predicted molar refractivity (Wildman–Crippen MR) is 72.8 cm³/mol. The van der Waals surface area contributed by atoms with Crippen molar-refractivity contribution in [1.29, 1.82) is 0 Å². The Morgan fingerprint density at radius 1 is 1.37 bits per heavy atom. The van der Waals surface area contributed by atoms with Gasteiger partial charge in [-0.2, -0.15) is 4.98 Å². The second-order valence-corrected chi connectivity index (χ2v) is 4.51. The zero-order valence-electron chi connectivity index (χ0n) is 10.1. The number of rotatable bonds is 2. The third-order valence-corrected chi connectivity index (χ3v) is 3.38. The monoisotopic (exact) mass is 300 g/mol. The van der Waals surface area contributed by atoms with Gasteiger partial charge in [-0.15, -0.1) is 0 Å². The van der Waals surface area contributed by atoms with Gasteiger partial charge in [-0.3, -0.25) is 9.36 Å². The molecule has 0 radical (unpaired) electrons. The van der Waals surface area contributed by atoms with Crippen LogP contribution in [0, 0.1) is 6.92 Å². The van der Waals surface area contributed by atoms with Gasteiger partial charge in [0.25, 0.3) is 5.88 Å². The van der Waals surface area contributed by atoms with Gasteiger partial charge in [-0.1, -0.05) is 29.3 Å². The molecule has 0 aliphatic heterocycles. The van der Waals surface area contributed by atoms with Crippen molar-refractivity contribution in [3.8, 4) is 17.3 Å². The molecule has 0 saturated heterocycles. The number of methoxy groups -OCH3 is 1. The van der Waals surface area contributed by atoms with E-state index in [-0.39, 0.29) is 16.6 Å². The summed E-state index contributed by atoms with van der Waals surface area (Å²) in [5.74, 6) is -0.437. The maximum atomic E-state index is 12.2. The minimum atomic E-state index is -0.559. The minimum Gasteiger partial charge on any atom is -0.490 e. The van der Waals surface area contributed by atoms with E-state index in [1.165, 1.54) is 11.7 Å². The molecule has 2 rings (SSSR count). The molecule has 1 N–H and O–H groups in total. The van der Waals surface area contributed by atoms with E-state index >= 15 is 0 Å². The van der Waals surface area contributed by atoms with Gasteiger partial charge in [-0.05, 0) is 19.1 Å². The maximum absolute atomic E-state index is 12.2. The molecule has 100 valence electrons. The van der Waals surface area contributed by atoms with Crippen LogP contribution in [-0.2, 0) is 0 Å². The molecule has 0 aliphatic carbocycles. The Morgan fingerprint density at radius 2 is 2.05 bits per heavy atom. The molecule has 2 aromatic rings. The van der Waals surface area contributed by atoms with Gasteiger partial charge >= 0.3 is 5.56 Å². The van der Waals surface area contributed by atoms with Gasteiger partial charge in [0.05, 0.1) is 22.8 Å². The average molecular weight is 301 g/mol. The molecule has 19 heavy (non-hydrogen) atoms. The zero-order chi connectivity index (χ0) is 14.2. The van der Waals surface area contributed by atoms with Crippen LogP contribution in [0.25, 0.3) is 5.69 Å². The molecule has 1 aromatic heterocycles. The van der Waals surface area contributed by atoms with E-state index in [1.807, 2.05) is 0 Å². The first-order chi connectivity index (χ1) is 8.97. The lowest BCUT2D eigenvalue weighted by atomic mass is 10.3. The SMILES string of the molecule is COc1c(O)nc(C)n(-c2cccc(Cl)c2Cl)c1=O. The molecule has 1 heterocycles. The van der Waals surface area contributed by atoms with Crippen LogP contribution in [0.2, 0.25) is 10.0 Å². The van der Waals surface area contributed by atoms with E-state index in [4.69, 9.17) is 27.9 Å². The van der Waals surface area contributed by atoms with E-state index in [0.717, 1.165) is 0 Å². The highest BCUT2D eigenvalue weighted by atomic mass is 35.5. The molecule has 0 bridgehead atoms. The summed E-state index contributed by atoms with van der Waals surface area (Å²) in [4.78, 5) is 16.1. The Labute approximate surface area is 119 Å². The Hall–Kier alpha value is -1.72. The van der Waals surface area contributed by atoms with Gasteiger partial charge in [-0.25, -0.2) is 0 Å². The fourth-order valence-electron chi connectivity index (χ4n) is 1.73. The summed E-state index contributed by atoms with van der Waals surface area (Å²) in [6, 6.07) is 4.90. The number of nitrogens with zero attached hydrogens (tertiary/aromatic N) is 2. The predicted octanol–water partition coefficient (Wildman–Crippen LogP) is 2.56. The summed E-state index contributed by atoms with van der Waals surface area (Å²) >= 11 is 12.0. The van der Waals surface area contributed by atoms with E-state index in [9.17, 15) is 9.90 Å². The number of halogens is 2. The molecule has 1 aromatic carbocycles. The number of aromatic nitrogens is 2. The van der Waals surface area contributed by atoms with Crippen LogP contribution in [0.4, 0.5) is 0 Å². The maximum Gasteiger partial charge on any atom is 0.304 e. The summed E-state index contributed by atoms with van der Waals surface area (Å²) in [6.07, 6.45) is 0. The van der Waals surface area contributed by atoms with Crippen LogP contribution in [-0.4, -0.2) is 21.8 Å². The molecular weight excluding hydrogens is 291 g/mol. The van der Waals surface area contributed by atoms with Gasteiger partial charge < -0.3 is 9.84 Å². The number of hydrogen-bond acceptors (Lipinski definition) is 4. The zero-order valence-corrected chi connectivity index (χ0v) is 11.7. The lowest BCUT2D eigenvalue weighted by Gasteiger charge is -2.13. The third kappa shape index (κ3) is 2.27. The van der Waals surface area contributed by atoms with Crippen molar-refractivity contribution in [2.45, 2.75) is 6.92 Å². The average Bonchev–Trinajstić information content (AvgIpc) is 2.34. The smallest absolute Gasteiger partial charge is 0.304 e. The van der Waals surface area contributed by atoms with Gasteiger partial charge in [0.1, 0.15) is 5.82 Å². The van der Waals surface area contributed by atoms with E-state index in [2.05, 4.69) is 4.98 Å². The van der Waals surface area contributed by atoms with Crippen LogP contribution in [0.3, 0.4) is 0 Å². The Balaban J connectivity index is 2.83. The molecule has 0 fully saturated rings. The molecule has 5 nitrogen and oxygen atoms in total. The van der Waals surface area contributed by atoms with Gasteiger partial charge in [0.2, 0.25) is 5.75 Å². The van der Waals surface area contributed by atoms with E-state index < -0.39 is 11.4 Å². The van der Waals surface area contributed by atoms with Crippen molar-refractivity contribution in [2.24, 2.45) is 0 Å². The molecule has 0 saturated carbocycles. The lowest BCUT2D eigenvalue weighted by molar-refractivity contribution is 0.352. The van der Waals surface area contributed by atoms with Gasteiger partial charge in [0, 0.05) is 0 Å². The Bertz CT molecular complexity index is 698. The highest BCUT2D eigenvalue weighted by Crippen LogP contribution is 2.29. The first-order valence-corrected chi connectivity index (χ1v) is 6.04. The van der Waals surface area contributed by atoms with Crippen LogP contribution in [0.1, 0.15) is 5.82 Å². The van der Waals surface area contributed by atoms with Crippen LogP contribution < -0.4 is 10.3 Å². The fourth-order valence-corrected chi connectivity index (χ4v) is 2.11. The van der Waals surface area contributed by atoms with Crippen LogP contribution in [0.5, 0.6) is 11.6 Å². The molecule has 0 unspecified atom stereocenters. The first kappa shape index (κ1) is 13.7. The normalized spacial score (nSPS) is 10.5. The molecular formula is C12H10Cl2N2O3. The highest BCUT2D eigenvalue weighted by Gasteiger charge is 2.18. The quantitative estimate of drug-likeness (QED) is 0.926. The second kappa shape index (κ2) is 5.11. The molecule has 0 amide bonds. The van der Waals surface area contributed by atoms with Crippen LogP contribution >= 0.6 is 23.2 Å². The van der Waals surface area contributed by atoms with Crippen molar-refractivity contribution >= 4 is 23.2 Å². The van der Waals surface area contributed by atoms with Crippen molar-refractivity contribution < 1.29 is 9.84 Å². The van der Waals surface area contributed by atoms with Crippen molar-refractivity contribution in [3.05, 3.63) is 44.4 Å². The van der Waals surface area contributed by atoms with E-state index in [1.54, 1.807) is 25.1 Å². The molecule has 0 atom stereocenters. The number of aryl methyl sites for hydroxylation is 1. The summed E-state index contributed by atoms with van der Waals surface area (Å²) < 4.78 is 6.07. The first-order valence-electron chi connectivity index (χ1n) is 5.28. The summed E-state index contributed by atoms with van der Waals surface area (Å²) in [7, 11) is 1.28. The number of hydrogen-bond donors (Lipinski definition) is 1. The Morgan fingerprint density at radius 3 is 2.68 bits per heavy atom. The third-order valence-electron chi connectivity index (χ3n) is 2.57. The Kier molecular flexibility index (Phi) is 3.68. The van der Waals surface area contributed by atoms with Crippen molar-refractivity contribution in [3.63, 3.8) is 0 Å². The molecule has 7 heteroatoms. The number of ether oxygens (including phenoxy) is 1. The van der Waals surface area contributed by atoms with Crippen molar-refractivity contribution in [2.75, 3.05) is 7.11 Å². The van der Waals surface area contributed by atoms with Crippen molar-refractivity contribution in [1.82, 2.24) is 9.55 Å². The molecule has 0 aliphatic rings. The number of aromatic hydroxyl groups is 1. The number of benzene rings is 1. The summed E-state index contributed by atoms with van der Waals surface area (Å²) in [6.45, 7) is 1.57. The topological polar surface area (TPSA) is 64.3 Å². The summed E-state index contributed by atoms with van der Waals surface area (Å²) in [5, 5.41) is 10.1. The standard InChI is InChI=1S/C12H10Cl2N2O3/c1-6-15-11(17)10(19-2)12(18)16(6)8-5-3-4-7(13)9(8)14/h3-5,17H,1-2H3. The summed E-state index contributed by atoms with van der Waals surface area (Å²) in [5.41, 5.74) is -0.181.